The maximum absolute atomic E-state index is 11.1. The van der Waals surface area contributed by atoms with Gasteiger partial charge in [-0.2, -0.15) is 0 Å². The number of nitrogens with zero attached hydrogens (tertiary/aromatic N) is 1. The first-order valence-corrected chi connectivity index (χ1v) is 8.67. The highest BCUT2D eigenvalue weighted by molar-refractivity contribution is 5.69. The van der Waals surface area contributed by atoms with Crippen molar-refractivity contribution in [2.45, 2.75) is 12.8 Å². The van der Waals surface area contributed by atoms with E-state index >= 15 is 0 Å². The maximum atomic E-state index is 11.1. The molecule has 142 valence electrons. The Morgan fingerprint density at radius 2 is 1.67 bits per heavy atom. The van der Waals surface area contributed by atoms with Crippen LogP contribution in [0.1, 0.15) is 17.5 Å². The summed E-state index contributed by atoms with van der Waals surface area (Å²) >= 11 is 0. The van der Waals surface area contributed by atoms with Crippen molar-refractivity contribution >= 4 is 18.1 Å². The fourth-order valence-electron chi connectivity index (χ4n) is 2.44. The molecule has 0 aliphatic heterocycles. The number of hydrogen-bond acceptors (Lipinski definition) is 3. The van der Waals surface area contributed by atoms with Crippen LogP contribution in [0.25, 0.3) is 6.08 Å². The van der Waals surface area contributed by atoms with Crippen LogP contribution < -0.4 is 4.74 Å². The van der Waals surface area contributed by atoms with Crippen molar-refractivity contribution in [3.05, 3.63) is 71.8 Å². The maximum Gasteiger partial charge on any atom is 0.407 e. The van der Waals surface area contributed by atoms with Gasteiger partial charge in [0.1, 0.15) is 12.4 Å². The van der Waals surface area contributed by atoms with Crippen molar-refractivity contribution in [2.75, 3.05) is 19.7 Å². The van der Waals surface area contributed by atoms with E-state index in [-0.39, 0.29) is 19.5 Å². The van der Waals surface area contributed by atoms with Gasteiger partial charge in [-0.25, -0.2) is 4.79 Å². The summed E-state index contributed by atoms with van der Waals surface area (Å²) in [6.07, 6.45) is 3.14. The molecule has 2 aromatic carbocycles. The van der Waals surface area contributed by atoms with E-state index in [0.717, 1.165) is 21.8 Å². The normalized spacial score (nSPS) is 10.7. The number of benzene rings is 2. The van der Waals surface area contributed by atoms with Gasteiger partial charge in [-0.15, -0.1) is 0 Å². The van der Waals surface area contributed by atoms with Crippen LogP contribution in [0, 0.1) is 0 Å². The van der Waals surface area contributed by atoms with Gasteiger partial charge in [-0.05, 0) is 35.8 Å². The monoisotopic (exact) mass is 369 g/mol. The average molecular weight is 369 g/mol. The van der Waals surface area contributed by atoms with E-state index in [1.807, 2.05) is 66.7 Å². The molecular weight excluding hydrogens is 346 g/mol. The zero-order valence-electron chi connectivity index (χ0n) is 15.0. The molecule has 0 aromatic heterocycles. The summed E-state index contributed by atoms with van der Waals surface area (Å²) in [4.78, 5) is 22.8. The second kappa shape index (κ2) is 10.7. The summed E-state index contributed by atoms with van der Waals surface area (Å²) in [6.45, 7) is 0.693. The Morgan fingerprint density at radius 1 is 0.963 bits per heavy atom. The van der Waals surface area contributed by atoms with Gasteiger partial charge < -0.3 is 19.8 Å². The molecule has 0 saturated carbocycles. The SMILES string of the molecule is O=C(O)CCN(CCc1ccc(OCC=Cc2ccccc2)cc1)C(=O)O. The van der Waals surface area contributed by atoms with Crippen LogP contribution in [0.2, 0.25) is 0 Å². The van der Waals surface area contributed by atoms with Crippen LogP contribution in [-0.4, -0.2) is 46.9 Å². The van der Waals surface area contributed by atoms with Crippen LogP contribution in [0.3, 0.4) is 0 Å². The molecule has 2 aromatic rings. The largest absolute Gasteiger partial charge is 0.490 e. The van der Waals surface area contributed by atoms with Gasteiger partial charge in [-0.1, -0.05) is 48.5 Å². The summed E-state index contributed by atoms with van der Waals surface area (Å²) in [6, 6.07) is 17.4. The molecule has 0 spiro atoms. The van der Waals surface area contributed by atoms with Gasteiger partial charge in [0.2, 0.25) is 0 Å². The summed E-state index contributed by atoms with van der Waals surface area (Å²) in [5.41, 5.74) is 2.08. The van der Waals surface area contributed by atoms with Crippen molar-refractivity contribution in [1.82, 2.24) is 4.90 Å². The number of ether oxygens (including phenoxy) is 1. The Kier molecular flexibility index (Phi) is 7.91. The zero-order chi connectivity index (χ0) is 19.5. The first-order valence-electron chi connectivity index (χ1n) is 8.67. The van der Waals surface area contributed by atoms with Crippen LogP contribution in [0.4, 0.5) is 4.79 Å². The lowest BCUT2D eigenvalue weighted by molar-refractivity contribution is -0.137. The molecule has 0 saturated heterocycles. The molecule has 0 bridgehead atoms. The third-order valence-electron chi connectivity index (χ3n) is 3.92. The first kappa shape index (κ1) is 20.0. The van der Waals surface area contributed by atoms with Crippen LogP contribution >= 0.6 is 0 Å². The minimum atomic E-state index is -1.11. The van der Waals surface area contributed by atoms with Crippen molar-refractivity contribution < 1.29 is 24.5 Å². The fourth-order valence-corrected chi connectivity index (χ4v) is 2.44. The van der Waals surface area contributed by atoms with E-state index in [1.165, 1.54) is 0 Å². The van der Waals surface area contributed by atoms with E-state index in [4.69, 9.17) is 14.9 Å². The van der Waals surface area contributed by atoms with Crippen LogP contribution in [0.15, 0.2) is 60.7 Å². The van der Waals surface area contributed by atoms with Crippen LogP contribution in [0.5, 0.6) is 5.75 Å². The Hall–Kier alpha value is -3.28. The number of carbonyl (C=O) groups is 2. The molecular formula is C21H23NO5. The van der Waals surface area contributed by atoms with Crippen molar-refractivity contribution in [1.29, 1.82) is 0 Å². The Bertz CT molecular complexity index is 756. The third-order valence-corrected chi connectivity index (χ3v) is 3.92. The van der Waals surface area contributed by atoms with Crippen LogP contribution in [-0.2, 0) is 11.2 Å². The molecule has 2 N–H and O–H groups in total. The number of amides is 1. The quantitative estimate of drug-likeness (QED) is 0.666. The summed E-state index contributed by atoms with van der Waals surface area (Å²) in [7, 11) is 0. The Labute approximate surface area is 158 Å². The minimum absolute atomic E-state index is 0.0143. The Balaban J connectivity index is 1.77. The minimum Gasteiger partial charge on any atom is -0.490 e. The van der Waals surface area contributed by atoms with Gasteiger partial charge >= 0.3 is 12.1 Å². The molecule has 0 unspecified atom stereocenters. The lowest BCUT2D eigenvalue weighted by Gasteiger charge is -2.18. The van der Waals surface area contributed by atoms with E-state index in [9.17, 15) is 9.59 Å². The van der Waals surface area contributed by atoms with Crippen molar-refractivity contribution in [2.24, 2.45) is 0 Å². The Morgan fingerprint density at radius 3 is 2.30 bits per heavy atom. The van der Waals surface area contributed by atoms with Crippen molar-refractivity contribution in [3.63, 3.8) is 0 Å². The predicted octanol–water partition coefficient (Wildman–Crippen LogP) is 3.78. The van der Waals surface area contributed by atoms with Gasteiger partial charge in [-0.3, -0.25) is 4.79 Å². The molecule has 0 radical (unpaired) electrons. The third kappa shape index (κ3) is 7.64. The number of hydrogen-bond donors (Lipinski definition) is 2. The molecule has 2 rings (SSSR count). The smallest absolute Gasteiger partial charge is 0.407 e. The van der Waals surface area contributed by atoms with Crippen molar-refractivity contribution in [3.8, 4) is 5.75 Å². The molecule has 0 atom stereocenters. The number of rotatable bonds is 10. The molecule has 27 heavy (non-hydrogen) atoms. The van der Waals surface area contributed by atoms with Gasteiger partial charge in [0.15, 0.2) is 0 Å². The standard InChI is InChI=1S/C21H23NO5/c23-20(24)13-15-22(21(25)26)14-12-18-8-10-19(11-9-18)27-16-4-7-17-5-2-1-3-6-17/h1-11H,12-16H2,(H,23,24)(H,25,26). The summed E-state index contributed by atoms with van der Waals surface area (Å²) in [5, 5.41) is 17.8. The van der Waals surface area contributed by atoms with E-state index < -0.39 is 12.1 Å². The van der Waals surface area contributed by atoms with E-state index in [2.05, 4.69) is 0 Å². The first-order chi connectivity index (χ1) is 13.0. The molecule has 0 aliphatic carbocycles. The molecule has 0 heterocycles. The van der Waals surface area contributed by atoms with Gasteiger partial charge in [0, 0.05) is 13.1 Å². The zero-order valence-corrected chi connectivity index (χ0v) is 15.0. The van der Waals surface area contributed by atoms with E-state index in [0.29, 0.717) is 13.0 Å². The highest BCUT2D eigenvalue weighted by Crippen LogP contribution is 2.13. The molecule has 0 fully saturated rings. The molecule has 6 nitrogen and oxygen atoms in total. The average Bonchev–Trinajstić information content (AvgIpc) is 2.66. The fraction of sp³-hybridized carbons (Fsp3) is 0.238. The highest BCUT2D eigenvalue weighted by atomic mass is 16.5. The summed E-state index contributed by atoms with van der Waals surface area (Å²) in [5.74, 6) is -0.276. The lowest BCUT2D eigenvalue weighted by atomic mass is 10.1. The molecule has 1 amide bonds. The topological polar surface area (TPSA) is 87.1 Å². The van der Waals surface area contributed by atoms with E-state index in [1.54, 1.807) is 0 Å². The summed E-state index contributed by atoms with van der Waals surface area (Å²) < 4.78 is 5.65. The molecule has 6 heteroatoms. The molecule has 0 aliphatic rings. The number of carboxylic acids is 1. The number of carboxylic acid groups (broad SMARTS) is 2. The highest BCUT2D eigenvalue weighted by Gasteiger charge is 2.13. The lowest BCUT2D eigenvalue weighted by Crippen LogP contribution is -2.33. The van der Waals surface area contributed by atoms with Gasteiger partial charge in [0.05, 0.1) is 6.42 Å². The van der Waals surface area contributed by atoms with Gasteiger partial charge in [0.25, 0.3) is 0 Å². The second-order valence-electron chi connectivity index (χ2n) is 5.93. The predicted molar refractivity (Wildman–Crippen MR) is 103 cm³/mol. The number of aliphatic carboxylic acids is 1. The second-order valence-corrected chi connectivity index (χ2v) is 5.93.